The van der Waals surface area contributed by atoms with E-state index in [1.807, 2.05) is 0 Å². The van der Waals surface area contributed by atoms with E-state index < -0.39 is 106 Å². The third-order valence-electron chi connectivity index (χ3n) is 10.3. The zero-order valence-corrected chi connectivity index (χ0v) is 31.8. The molecule has 1 saturated carbocycles. The Morgan fingerprint density at radius 2 is 1.81 bits per heavy atom. The Kier molecular flexibility index (Phi) is 9.42. The van der Waals surface area contributed by atoms with Gasteiger partial charge in [0.1, 0.15) is 41.1 Å². The van der Waals surface area contributed by atoms with Gasteiger partial charge in [0.2, 0.25) is 15.9 Å². The number of rotatable bonds is 11. The van der Waals surface area contributed by atoms with Crippen molar-refractivity contribution in [1.82, 2.24) is 24.9 Å². The first kappa shape index (κ1) is 39.4. The van der Waals surface area contributed by atoms with E-state index in [0.29, 0.717) is 10.7 Å². The number of aromatic nitrogens is 4. The Hall–Kier alpha value is -5.41. The number of sulfonamides is 1. The maximum Gasteiger partial charge on any atom is 0.293 e. The fourth-order valence-electron chi connectivity index (χ4n) is 7.90. The lowest BCUT2D eigenvalue weighted by Crippen LogP contribution is -2.53. The van der Waals surface area contributed by atoms with E-state index in [4.69, 9.17) is 16.3 Å². The summed E-state index contributed by atoms with van der Waals surface area (Å²) in [6.07, 6.45) is -4.77. The first-order chi connectivity index (χ1) is 27.3. The van der Waals surface area contributed by atoms with Crippen LogP contribution in [0.25, 0.3) is 10.9 Å². The third-order valence-corrected chi connectivity index (χ3v) is 11.1. The van der Waals surface area contributed by atoms with E-state index in [2.05, 4.69) is 25.2 Å². The molecule has 2 aliphatic carbocycles. The van der Waals surface area contributed by atoms with Gasteiger partial charge in [-0.05, 0) is 54.3 Å². The molecule has 3 aromatic carbocycles. The molecule has 8 rings (SSSR count). The molecule has 0 saturated heterocycles. The van der Waals surface area contributed by atoms with E-state index in [1.54, 1.807) is 0 Å². The predicted octanol–water partition coefficient (Wildman–Crippen LogP) is 6.34. The van der Waals surface area contributed by atoms with Crippen molar-refractivity contribution in [2.24, 2.45) is 18.0 Å². The summed E-state index contributed by atoms with van der Waals surface area (Å²) in [6.45, 7) is -1.03. The highest BCUT2D eigenvalue weighted by atomic mass is 35.5. The highest BCUT2D eigenvalue weighted by Gasteiger charge is 2.67. The first-order valence-electron chi connectivity index (χ1n) is 17.4. The summed E-state index contributed by atoms with van der Waals surface area (Å²) in [4.78, 5) is 19.6. The van der Waals surface area contributed by atoms with Crippen molar-refractivity contribution in [3.8, 4) is 5.75 Å². The van der Waals surface area contributed by atoms with Crippen LogP contribution < -0.4 is 19.7 Å². The van der Waals surface area contributed by atoms with E-state index in [9.17, 15) is 35.9 Å². The van der Waals surface area contributed by atoms with Gasteiger partial charge < -0.3 is 15.2 Å². The molecule has 0 radical (unpaired) electrons. The van der Waals surface area contributed by atoms with Crippen molar-refractivity contribution in [3.63, 3.8) is 0 Å². The standard InChI is InChI=1S/C36H30ClF7N8O5S/c1-50-30-22(6-5-20(37)26(30)33(48-50)49-58(3,55)56)52-34(46-28-17(35(52)54)4-7-23(57-2)27(28)40)21(10-14-8-15(38)11-16(39)9-14)45-24(53)13-51-31-25(29(47-51)32(41)42)18-12-19(18)36(31,43)44/h4-9,11,18-19,21,32,35,54H,10,12-13H2,1-3H3,(H,45,53)(H,48,49)/t18-,19+,21-,35?/m0/s1. The van der Waals surface area contributed by atoms with Gasteiger partial charge in [-0.2, -0.15) is 19.0 Å². The fourth-order valence-corrected chi connectivity index (χ4v) is 8.64. The second-order valence-corrected chi connectivity index (χ2v) is 16.3. The second-order valence-electron chi connectivity index (χ2n) is 14.1. The summed E-state index contributed by atoms with van der Waals surface area (Å²) in [7, 11) is -1.32. The van der Waals surface area contributed by atoms with E-state index in [-0.39, 0.29) is 56.3 Å². The molecular weight excluding hydrogens is 825 g/mol. The molecule has 3 aliphatic rings. The van der Waals surface area contributed by atoms with Crippen LogP contribution in [-0.4, -0.2) is 64.2 Å². The van der Waals surface area contributed by atoms with Crippen LogP contribution >= 0.6 is 11.6 Å². The number of alkyl halides is 4. The molecule has 0 spiro atoms. The monoisotopic (exact) mass is 854 g/mol. The number of amides is 1. The summed E-state index contributed by atoms with van der Waals surface area (Å²) in [5.74, 6) is -10.7. The minimum atomic E-state index is -3.92. The maximum absolute atomic E-state index is 16.0. The van der Waals surface area contributed by atoms with Gasteiger partial charge in [0.15, 0.2) is 23.6 Å². The molecule has 13 nitrogen and oxygen atoms in total. The number of carbonyl (C=O) groups excluding carboxylic acids is 1. The average molecular weight is 855 g/mol. The van der Waals surface area contributed by atoms with Crippen molar-refractivity contribution in [2.75, 3.05) is 23.0 Å². The van der Waals surface area contributed by atoms with Crippen LogP contribution in [0.2, 0.25) is 5.02 Å². The number of aryl methyl sites for hydroxylation is 1. The van der Waals surface area contributed by atoms with Gasteiger partial charge in [-0.25, -0.2) is 35.4 Å². The van der Waals surface area contributed by atoms with Gasteiger partial charge >= 0.3 is 0 Å². The van der Waals surface area contributed by atoms with E-state index in [0.717, 1.165) is 23.3 Å². The van der Waals surface area contributed by atoms with Crippen molar-refractivity contribution < 1.29 is 53.8 Å². The molecule has 1 fully saturated rings. The maximum atomic E-state index is 16.0. The number of ether oxygens (including phenoxy) is 1. The number of amidine groups is 1. The molecule has 2 aromatic heterocycles. The third kappa shape index (κ3) is 6.57. The minimum absolute atomic E-state index is 0.000845. The molecule has 58 heavy (non-hydrogen) atoms. The lowest BCUT2D eigenvalue weighted by molar-refractivity contribution is -0.122. The van der Waals surface area contributed by atoms with Gasteiger partial charge in [0, 0.05) is 36.6 Å². The average Bonchev–Trinajstić information content (AvgIpc) is 3.67. The molecular formula is C36H30ClF7N8O5S. The normalized spacial score (nSPS) is 19.8. The number of aliphatic hydroxyl groups excluding tert-OH is 1. The van der Waals surface area contributed by atoms with Crippen molar-refractivity contribution >= 4 is 61.5 Å². The Balaban J connectivity index is 1.30. The number of anilines is 2. The molecule has 1 aliphatic heterocycles. The number of nitrogens with one attached hydrogen (secondary N) is 2. The van der Waals surface area contributed by atoms with Gasteiger partial charge in [0.05, 0.1) is 41.0 Å². The van der Waals surface area contributed by atoms with E-state index >= 15 is 13.2 Å². The molecule has 4 atom stereocenters. The lowest BCUT2D eigenvalue weighted by Gasteiger charge is -2.39. The van der Waals surface area contributed by atoms with Gasteiger partial charge in [0.25, 0.3) is 12.3 Å². The molecule has 0 bridgehead atoms. The van der Waals surface area contributed by atoms with Crippen LogP contribution in [-0.2, 0) is 40.8 Å². The lowest BCUT2D eigenvalue weighted by atomic mass is 9.99. The summed E-state index contributed by atoms with van der Waals surface area (Å²) in [5.41, 5.74) is -2.63. The summed E-state index contributed by atoms with van der Waals surface area (Å²) in [6, 6.07) is 6.07. The van der Waals surface area contributed by atoms with Crippen LogP contribution in [0, 0.1) is 23.4 Å². The van der Waals surface area contributed by atoms with Gasteiger partial charge in [-0.1, -0.05) is 11.6 Å². The summed E-state index contributed by atoms with van der Waals surface area (Å²) >= 11 is 6.56. The quantitative estimate of drug-likeness (QED) is 0.130. The number of aliphatic imine (C=N–C) groups is 1. The highest BCUT2D eigenvalue weighted by molar-refractivity contribution is 7.92. The molecule has 306 valence electrons. The highest BCUT2D eigenvalue weighted by Crippen LogP contribution is 2.68. The van der Waals surface area contributed by atoms with Crippen LogP contribution in [0.4, 0.5) is 47.9 Å². The number of methoxy groups -OCH3 is 1. The number of hydrogen-bond donors (Lipinski definition) is 3. The molecule has 5 aromatic rings. The number of benzene rings is 3. The molecule has 3 N–H and O–H groups in total. The number of nitrogens with zero attached hydrogens (tertiary/aromatic N) is 6. The van der Waals surface area contributed by atoms with Crippen molar-refractivity contribution in [1.29, 1.82) is 0 Å². The zero-order chi connectivity index (χ0) is 41.7. The second kappa shape index (κ2) is 13.9. The predicted molar refractivity (Wildman–Crippen MR) is 196 cm³/mol. The van der Waals surface area contributed by atoms with Gasteiger partial charge in [-0.15, -0.1) is 0 Å². The minimum Gasteiger partial charge on any atom is -0.494 e. The van der Waals surface area contributed by atoms with Crippen LogP contribution in [0.3, 0.4) is 0 Å². The Bertz CT molecular complexity index is 2670. The van der Waals surface area contributed by atoms with Crippen LogP contribution in [0.5, 0.6) is 5.75 Å². The Morgan fingerprint density at radius 1 is 1.10 bits per heavy atom. The fraction of sp³-hybridized carbons (Fsp3) is 0.333. The number of carbonyl (C=O) groups is 1. The smallest absolute Gasteiger partial charge is 0.293 e. The zero-order valence-electron chi connectivity index (χ0n) is 30.2. The van der Waals surface area contributed by atoms with E-state index in [1.165, 1.54) is 43.1 Å². The summed E-state index contributed by atoms with van der Waals surface area (Å²) < 4.78 is 138. The SMILES string of the molecule is COc1ccc2c(c1F)N=C([C@H](Cc1cc(F)cc(F)c1)NC(=O)Cn1nc(C(F)F)c3c1C(F)(F)[C@@H]1C[C@H]31)N(c1ccc(Cl)c3c(NS(C)(=O)=O)nn(C)c13)C2O. The van der Waals surface area contributed by atoms with Crippen molar-refractivity contribution in [3.05, 3.63) is 93.0 Å². The summed E-state index contributed by atoms with van der Waals surface area (Å²) in [5, 5.41) is 22.7. The van der Waals surface area contributed by atoms with Crippen LogP contribution in [0.15, 0.2) is 47.5 Å². The first-order valence-corrected chi connectivity index (χ1v) is 19.6. The Morgan fingerprint density at radius 3 is 2.47 bits per heavy atom. The molecule has 1 unspecified atom stereocenters. The van der Waals surface area contributed by atoms with Gasteiger partial charge in [-0.3, -0.25) is 23.8 Å². The largest absolute Gasteiger partial charge is 0.494 e. The topological polar surface area (TPSA) is 156 Å². The molecule has 1 amide bonds. The van der Waals surface area contributed by atoms with Crippen LogP contribution in [0.1, 0.15) is 53.1 Å². The molecule has 22 heteroatoms. The number of halogens is 8. The van der Waals surface area contributed by atoms with Crippen molar-refractivity contribution in [2.45, 2.75) is 49.9 Å². The number of fused-ring (bicyclic) bond motifs is 5. The Labute approximate surface area is 329 Å². The molecule has 3 heterocycles. The number of aliphatic hydroxyl groups is 1. The number of hydrogen-bond acceptors (Lipinski definition) is 9.